The van der Waals surface area contributed by atoms with Gasteiger partial charge in [-0.05, 0) is 25.3 Å². The number of carbonyl (C=O) groups is 2. The topological polar surface area (TPSA) is 93.1 Å². The number of hydrogen-bond acceptors (Lipinski definition) is 5. The third-order valence-electron chi connectivity index (χ3n) is 4.51. The molecule has 1 aliphatic carbocycles. The second kappa shape index (κ2) is 9.80. The van der Waals surface area contributed by atoms with Gasteiger partial charge in [0.25, 0.3) is 0 Å². The second-order valence-electron chi connectivity index (χ2n) is 6.19. The SMILES string of the molecule is CCOC(=O)CCN(S(=O)O)C1(C(=O)OCc2ccccc2)CCCC1. The van der Waals surface area contributed by atoms with Gasteiger partial charge in [0.05, 0.1) is 13.0 Å². The van der Waals surface area contributed by atoms with Crippen LogP contribution in [0.15, 0.2) is 30.3 Å². The predicted molar refractivity (Wildman–Crippen MR) is 96.2 cm³/mol. The summed E-state index contributed by atoms with van der Waals surface area (Å²) in [5, 5.41) is 0. The van der Waals surface area contributed by atoms with Crippen molar-refractivity contribution in [1.82, 2.24) is 4.31 Å². The zero-order valence-electron chi connectivity index (χ0n) is 14.9. The number of ether oxygens (including phenoxy) is 2. The molecule has 0 amide bonds. The van der Waals surface area contributed by atoms with Crippen molar-refractivity contribution in [2.45, 2.75) is 51.2 Å². The summed E-state index contributed by atoms with van der Waals surface area (Å²) in [7, 11) is 0. The van der Waals surface area contributed by atoms with E-state index in [-0.39, 0.29) is 26.2 Å². The summed E-state index contributed by atoms with van der Waals surface area (Å²) < 4.78 is 33.2. The summed E-state index contributed by atoms with van der Waals surface area (Å²) in [6.07, 6.45) is 2.31. The van der Waals surface area contributed by atoms with E-state index in [0.29, 0.717) is 12.8 Å². The van der Waals surface area contributed by atoms with E-state index in [1.165, 1.54) is 4.31 Å². The van der Waals surface area contributed by atoms with E-state index in [9.17, 15) is 18.4 Å². The lowest BCUT2D eigenvalue weighted by molar-refractivity contribution is -0.157. The Morgan fingerprint density at radius 2 is 1.85 bits per heavy atom. The Hall–Kier alpha value is -1.77. The molecule has 0 bridgehead atoms. The molecule has 1 aromatic rings. The van der Waals surface area contributed by atoms with Crippen molar-refractivity contribution in [1.29, 1.82) is 0 Å². The van der Waals surface area contributed by atoms with Crippen LogP contribution in [0.25, 0.3) is 0 Å². The maximum absolute atomic E-state index is 12.8. The average molecular weight is 383 g/mol. The third kappa shape index (κ3) is 5.12. The monoisotopic (exact) mass is 383 g/mol. The highest BCUT2D eigenvalue weighted by atomic mass is 32.2. The molecule has 26 heavy (non-hydrogen) atoms. The molecule has 1 aliphatic rings. The first-order valence-corrected chi connectivity index (χ1v) is 9.81. The Balaban J connectivity index is 2.10. The molecule has 1 N–H and O–H groups in total. The molecule has 7 nitrogen and oxygen atoms in total. The molecule has 0 radical (unpaired) electrons. The van der Waals surface area contributed by atoms with Crippen LogP contribution < -0.4 is 0 Å². The number of rotatable bonds is 9. The fourth-order valence-electron chi connectivity index (χ4n) is 3.24. The van der Waals surface area contributed by atoms with Crippen molar-refractivity contribution in [3.05, 3.63) is 35.9 Å². The highest BCUT2D eigenvalue weighted by molar-refractivity contribution is 7.76. The Morgan fingerprint density at radius 3 is 2.42 bits per heavy atom. The number of carbonyl (C=O) groups excluding carboxylic acids is 2. The van der Waals surface area contributed by atoms with Gasteiger partial charge < -0.3 is 9.47 Å². The first kappa shape index (κ1) is 20.5. The number of esters is 2. The minimum Gasteiger partial charge on any atom is -0.466 e. The van der Waals surface area contributed by atoms with Gasteiger partial charge in [0.1, 0.15) is 12.1 Å². The van der Waals surface area contributed by atoms with E-state index in [1.807, 2.05) is 30.3 Å². The van der Waals surface area contributed by atoms with Gasteiger partial charge in [0.15, 0.2) is 0 Å². The normalized spacial score (nSPS) is 17.0. The maximum atomic E-state index is 12.8. The van der Waals surface area contributed by atoms with Crippen molar-refractivity contribution in [3.8, 4) is 0 Å². The van der Waals surface area contributed by atoms with Crippen molar-refractivity contribution in [3.63, 3.8) is 0 Å². The summed E-state index contributed by atoms with van der Waals surface area (Å²) >= 11 is -2.40. The minimum atomic E-state index is -2.40. The van der Waals surface area contributed by atoms with Crippen LogP contribution in [-0.2, 0) is 36.9 Å². The maximum Gasteiger partial charge on any atom is 0.327 e. The van der Waals surface area contributed by atoms with E-state index >= 15 is 0 Å². The zero-order chi connectivity index (χ0) is 19.0. The molecule has 2 rings (SSSR count). The molecule has 1 saturated carbocycles. The van der Waals surface area contributed by atoms with Gasteiger partial charge in [-0.25, -0.2) is 9.00 Å². The molecule has 0 heterocycles. The van der Waals surface area contributed by atoms with Gasteiger partial charge in [-0.3, -0.25) is 9.35 Å². The molecule has 1 aromatic carbocycles. The molecule has 0 aliphatic heterocycles. The first-order valence-electron chi connectivity index (χ1n) is 8.75. The lowest BCUT2D eigenvalue weighted by atomic mass is 9.97. The van der Waals surface area contributed by atoms with Gasteiger partial charge in [-0.15, -0.1) is 0 Å². The average Bonchev–Trinajstić information content (AvgIpc) is 3.11. The number of benzene rings is 1. The Morgan fingerprint density at radius 1 is 1.19 bits per heavy atom. The van der Waals surface area contributed by atoms with Crippen LogP contribution in [0.2, 0.25) is 0 Å². The van der Waals surface area contributed by atoms with Crippen LogP contribution in [0, 0.1) is 0 Å². The summed E-state index contributed by atoms with van der Waals surface area (Å²) in [5.41, 5.74) is -0.335. The highest BCUT2D eigenvalue weighted by Crippen LogP contribution is 2.37. The number of nitrogens with zero attached hydrogens (tertiary/aromatic N) is 1. The molecule has 0 saturated heterocycles. The van der Waals surface area contributed by atoms with Crippen LogP contribution in [0.3, 0.4) is 0 Å². The minimum absolute atomic E-state index is 0.0393. The van der Waals surface area contributed by atoms with E-state index in [4.69, 9.17) is 9.47 Å². The summed E-state index contributed by atoms with van der Waals surface area (Å²) in [5.74, 6) is -0.987. The quantitative estimate of drug-likeness (QED) is 0.520. The molecule has 144 valence electrons. The van der Waals surface area contributed by atoms with Gasteiger partial charge in [-0.1, -0.05) is 43.2 Å². The fourth-order valence-corrected chi connectivity index (χ4v) is 4.04. The molecule has 1 fully saturated rings. The Labute approximate surface area is 156 Å². The predicted octanol–water partition coefficient (Wildman–Crippen LogP) is 2.43. The van der Waals surface area contributed by atoms with E-state index in [1.54, 1.807) is 6.92 Å². The molecule has 0 spiro atoms. The Kier molecular flexibility index (Phi) is 7.74. The summed E-state index contributed by atoms with van der Waals surface area (Å²) in [6, 6.07) is 9.26. The van der Waals surface area contributed by atoms with E-state index < -0.39 is 28.7 Å². The fraction of sp³-hybridized carbons (Fsp3) is 0.556. The van der Waals surface area contributed by atoms with Crippen molar-refractivity contribution < 1.29 is 27.8 Å². The molecular weight excluding hydrogens is 358 g/mol. The summed E-state index contributed by atoms with van der Waals surface area (Å²) in [4.78, 5) is 24.5. The molecule has 0 aromatic heterocycles. The van der Waals surface area contributed by atoms with E-state index in [0.717, 1.165) is 18.4 Å². The number of hydrogen-bond donors (Lipinski definition) is 1. The molecule has 1 atom stereocenters. The third-order valence-corrected chi connectivity index (χ3v) is 5.42. The first-order chi connectivity index (χ1) is 12.5. The van der Waals surface area contributed by atoms with Gasteiger partial charge in [0.2, 0.25) is 11.3 Å². The van der Waals surface area contributed by atoms with Gasteiger partial charge >= 0.3 is 11.9 Å². The van der Waals surface area contributed by atoms with Gasteiger partial charge in [0, 0.05) is 6.54 Å². The van der Waals surface area contributed by atoms with E-state index in [2.05, 4.69) is 0 Å². The van der Waals surface area contributed by atoms with Crippen molar-refractivity contribution in [2.24, 2.45) is 0 Å². The van der Waals surface area contributed by atoms with Crippen LogP contribution in [-0.4, -0.2) is 43.7 Å². The lowest BCUT2D eigenvalue weighted by Gasteiger charge is -2.35. The van der Waals surface area contributed by atoms with Crippen LogP contribution in [0.5, 0.6) is 0 Å². The highest BCUT2D eigenvalue weighted by Gasteiger charge is 2.50. The van der Waals surface area contributed by atoms with Crippen LogP contribution in [0.4, 0.5) is 0 Å². The summed E-state index contributed by atoms with van der Waals surface area (Å²) in [6.45, 7) is 2.00. The smallest absolute Gasteiger partial charge is 0.327 e. The van der Waals surface area contributed by atoms with Gasteiger partial charge in [-0.2, -0.15) is 4.31 Å². The zero-order valence-corrected chi connectivity index (χ0v) is 15.7. The molecular formula is C18H25NO6S. The molecule has 8 heteroatoms. The van der Waals surface area contributed by atoms with Crippen molar-refractivity contribution >= 4 is 23.2 Å². The van der Waals surface area contributed by atoms with Crippen LogP contribution >= 0.6 is 0 Å². The largest absolute Gasteiger partial charge is 0.466 e. The lowest BCUT2D eigenvalue weighted by Crippen LogP contribution is -2.54. The van der Waals surface area contributed by atoms with Crippen molar-refractivity contribution in [2.75, 3.05) is 13.2 Å². The molecule has 1 unspecified atom stereocenters. The standard InChI is InChI=1S/C18H25NO6S/c1-2-24-16(20)10-13-19(26(22)23)18(11-6-7-12-18)17(21)25-14-15-8-4-3-5-9-15/h3-5,8-9H,2,6-7,10-14H2,1H3,(H,22,23). The van der Waals surface area contributed by atoms with Crippen LogP contribution in [0.1, 0.15) is 44.6 Å². The second-order valence-corrected chi connectivity index (χ2v) is 7.09. The Bertz CT molecular complexity index is 630.